The molecule has 1 saturated heterocycles. The first-order valence-corrected chi connectivity index (χ1v) is 10.7. The van der Waals surface area contributed by atoms with Crippen molar-refractivity contribution in [2.75, 3.05) is 23.4 Å². The second-order valence-electron chi connectivity index (χ2n) is 8.22. The maximum Gasteiger partial charge on any atom is 0.259 e. The topological polar surface area (TPSA) is 144 Å². The van der Waals surface area contributed by atoms with Gasteiger partial charge in [-0.1, -0.05) is 6.07 Å². The summed E-state index contributed by atoms with van der Waals surface area (Å²) in [6.07, 6.45) is -2.80. The van der Waals surface area contributed by atoms with Crippen LogP contribution in [0.15, 0.2) is 36.4 Å². The lowest BCUT2D eigenvalue weighted by Crippen LogP contribution is -2.55. The van der Waals surface area contributed by atoms with Gasteiger partial charge >= 0.3 is 0 Å². The molecule has 11 heteroatoms. The lowest BCUT2D eigenvalue weighted by molar-refractivity contribution is -0.150. The summed E-state index contributed by atoms with van der Waals surface area (Å²) in [5, 5.41) is 26.7. The molecule has 1 unspecified atom stereocenters. The second kappa shape index (κ2) is 9.41. The molecular formula is C23H24ClN5O5. The molecule has 5 rings (SSSR count). The van der Waals surface area contributed by atoms with Crippen molar-refractivity contribution in [2.24, 2.45) is 0 Å². The monoisotopic (exact) mass is 485 g/mol. The molecule has 0 spiro atoms. The molecule has 0 aliphatic carbocycles. The van der Waals surface area contributed by atoms with Crippen LogP contribution >= 0.6 is 12.4 Å². The van der Waals surface area contributed by atoms with Crippen LogP contribution in [0.4, 0.5) is 11.4 Å². The van der Waals surface area contributed by atoms with Gasteiger partial charge in [0.15, 0.2) is 12.2 Å². The molecule has 0 bridgehead atoms. The van der Waals surface area contributed by atoms with Crippen LogP contribution in [0.1, 0.15) is 22.3 Å². The number of carbonyl (C=O) groups excluding carboxylic acids is 3. The zero-order valence-electron chi connectivity index (χ0n) is 18.1. The number of rotatable bonds is 4. The van der Waals surface area contributed by atoms with Crippen LogP contribution in [0.5, 0.6) is 0 Å². The van der Waals surface area contributed by atoms with Gasteiger partial charge in [0, 0.05) is 36.6 Å². The van der Waals surface area contributed by atoms with Crippen LogP contribution in [-0.4, -0.2) is 54.0 Å². The Morgan fingerprint density at radius 2 is 1.91 bits per heavy atom. The highest BCUT2D eigenvalue weighted by atomic mass is 35.5. The van der Waals surface area contributed by atoms with Crippen molar-refractivity contribution in [3.8, 4) is 0 Å². The summed E-state index contributed by atoms with van der Waals surface area (Å²) in [7, 11) is 0. The van der Waals surface area contributed by atoms with Gasteiger partial charge in [0.25, 0.3) is 11.8 Å². The van der Waals surface area contributed by atoms with Gasteiger partial charge in [0.2, 0.25) is 5.91 Å². The highest BCUT2D eigenvalue weighted by Crippen LogP contribution is 2.26. The van der Waals surface area contributed by atoms with Crippen LogP contribution in [0.25, 0.3) is 0 Å². The zero-order chi connectivity index (χ0) is 23.1. The van der Waals surface area contributed by atoms with Gasteiger partial charge in [-0.15, -0.1) is 12.4 Å². The number of carbonyl (C=O) groups is 3. The summed E-state index contributed by atoms with van der Waals surface area (Å²) >= 11 is 0. The number of aliphatic hydroxyl groups is 1. The van der Waals surface area contributed by atoms with E-state index in [1.165, 1.54) is 4.90 Å². The average molecular weight is 486 g/mol. The first kappa shape index (κ1) is 23.7. The number of amides is 3. The predicted molar refractivity (Wildman–Crippen MR) is 126 cm³/mol. The van der Waals surface area contributed by atoms with Crippen molar-refractivity contribution < 1.29 is 24.2 Å². The predicted octanol–water partition coefficient (Wildman–Crippen LogP) is 0.441. The third-order valence-electron chi connectivity index (χ3n) is 6.10. The van der Waals surface area contributed by atoms with E-state index in [0.29, 0.717) is 30.3 Å². The van der Waals surface area contributed by atoms with Crippen molar-refractivity contribution in [2.45, 2.75) is 31.7 Å². The quantitative estimate of drug-likeness (QED) is 0.425. The number of morpholine rings is 1. The van der Waals surface area contributed by atoms with Gasteiger partial charge in [0.05, 0.1) is 13.0 Å². The average Bonchev–Trinajstić information content (AvgIpc) is 3.18. The first-order valence-electron chi connectivity index (χ1n) is 10.7. The minimum atomic E-state index is -1.70. The van der Waals surface area contributed by atoms with Crippen molar-refractivity contribution in [1.29, 1.82) is 5.41 Å². The van der Waals surface area contributed by atoms with Crippen LogP contribution in [0.3, 0.4) is 0 Å². The van der Waals surface area contributed by atoms with Gasteiger partial charge in [0.1, 0.15) is 5.84 Å². The van der Waals surface area contributed by atoms with Crippen molar-refractivity contribution in [3.63, 3.8) is 0 Å². The van der Waals surface area contributed by atoms with Crippen molar-refractivity contribution >= 4 is 47.3 Å². The summed E-state index contributed by atoms with van der Waals surface area (Å²) in [6.45, 7) is 1.37. The molecule has 3 heterocycles. The first-order chi connectivity index (χ1) is 15.9. The molecule has 34 heavy (non-hydrogen) atoms. The summed E-state index contributed by atoms with van der Waals surface area (Å²) in [5.74, 6) is -1.02. The Balaban J connectivity index is 0.00000274. The Labute approximate surface area is 201 Å². The van der Waals surface area contributed by atoms with Crippen molar-refractivity contribution in [1.82, 2.24) is 10.6 Å². The third kappa shape index (κ3) is 4.35. The normalized spacial score (nSPS) is 19.9. The SMILES string of the molecule is Cl.N=C1NCc2cc(NC(=O)C(O)[C@H]3OCCN(c4ccc5c(c4)CC(=O)NC5)C3=O)ccc21. The number of hydrogen-bond donors (Lipinski definition) is 5. The molecule has 3 aliphatic heterocycles. The van der Waals surface area contributed by atoms with E-state index in [1.54, 1.807) is 30.3 Å². The van der Waals surface area contributed by atoms with E-state index in [2.05, 4.69) is 16.0 Å². The standard InChI is InChI=1S/C23H23N5O5.ClH/c24-21-17-4-2-15(7-14(17)11-26-21)27-22(31)19(30)20-23(32)28(5-6-33-20)16-3-1-12-10-25-18(29)9-13(12)8-16;/h1-4,7-8,19-20,30H,5-6,9-11H2,(H2,24,26)(H,25,29)(H,27,31);1H/t19?,20-;/m1./s1. The maximum absolute atomic E-state index is 13.1. The fourth-order valence-electron chi connectivity index (χ4n) is 4.33. The van der Waals surface area contributed by atoms with Gasteiger partial charge in [-0.3, -0.25) is 19.8 Å². The molecule has 0 saturated carbocycles. The van der Waals surface area contributed by atoms with E-state index >= 15 is 0 Å². The number of fused-ring (bicyclic) bond motifs is 2. The number of hydrogen-bond acceptors (Lipinski definition) is 6. The number of halogens is 1. The molecule has 3 amide bonds. The smallest absolute Gasteiger partial charge is 0.259 e. The molecular weight excluding hydrogens is 462 g/mol. The molecule has 10 nitrogen and oxygen atoms in total. The molecule has 0 aromatic heterocycles. The fraction of sp³-hybridized carbons (Fsp3) is 0.304. The number of nitrogens with zero attached hydrogens (tertiary/aromatic N) is 1. The molecule has 0 radical (unpaired) electrons. The largest absolute Gasteiger partial charge is 0.380 e. The molecule has 3 aliphatic rings. The Hall–Kier alpha value is -3.47. The van der Waals surface area contributed by atoms with E-state index in [1.807, 2.05) is 6.07 Å². The minimum Gasteiger partial charge on any atom is -0.380 e. The number of benzene rings is 2. The van der Waals surface area contributed by atoms with Gasteiger partial charge in [-0.2, -0.15) is 0 Å². The Kier molecular flexibility index (Phi) is 6.56. The van der Waals surface area contributed by atoms with Crippen LogP contribution in [0, 0.1) is 5.41 Å². The zero-order valence-corrected chi connectivity index (χ0v) is 18.9. The molecule has 2 aromatic rings. The molecule has 2 atom stereocenters. The maximum atomic E-state index is 13.1. The molecule has 1 fully saturated rings. The Morgan fingerprint density at radius 1 is 1.12 bits per heavy atom. The van der Waals surface area contributed by atoms with Gasteiger partial charge in [-0.05, 0) is 47.0 Å². The van der Waals surface area contributed by atoms with Crippen LogP contribution in [0.2, 0.25) is 0 Å². The lowest BCUT2D eigenvalue weighted by Gasteiger charge is -2.34. The molecule has 178 valence electrons. The third-order valence-corrected chi connectivity index (χ3v) is 6.10. The summed E-state index contributed by atoms with van der Waals surface area (Å²) in [4.78, 5) is 39.0. The highest BCUT2D eigenvalue weighted by molar-refractivity contribution is 6.05. The summed E-state index contributed by atoms with van der Waals surface area (Å²) in [5.41, 5.74) is 4.53. The van der Waals surface area contributed by atoms with Crippen LogP contribution < -0.4 is 20.9 Å². The Bertz CT molecular complexity index is 1190. The molecule has 2 aromatic carbocycles. The summed E-state index contributed by atoms with van der Waals surface area (Å²) < 4.78 is 5.48. The van der Waals surface area contributed by atoms with E-state index < -0.39 is 24.0 Å². The van der Waals surface area contributed by atoms with Gasteiger partial charge in [-0.25, -0.2) is 0 Å². The Morgan fingerprint density at radius 3 is 2.74 bits per heavy atom. The van der Waals surface area contributed by atoms with Gasteiger partial charge < -0.3 is 30.7 Å². The summed E-state index contributed by atoms with van der Waals surface area (Å²) in [6, 6.07) is 10.6. The van der Waals surface area contributed by atoms with E-state index in [9.17, 15) is 19.5 Å². The van der Waals surface area contributed by atoms with E-state index in [0.717, 1.165) is 22.3 Å². The molecule has 5 N–H and O–H groups in total. The number of aliphatic hydroxyl groups excluding tert-OH is 1. The number of nitrogens with one attached hydrogen (secondary N) is 4. The number of anilines is 2. The number of ether oxygens (including phenoxy) is 1. The van der Waals surface area contributed by atoms with E-state index in [-0.39, 0.29) is 37.9 Å². The lowest BCUT2D eigenvalue weighted by atomic mass is 9.99. The van der Waals surface area contributed by atoms with Crippen LogP contribution in [-0.2, 0) is 38.6 Å². The second-order valence-corrected chi connectivity index (χ2v) is 8.22. The van der Waals surface area contributed by atoms with E-state index in [4.69, 9.17) is 10.1 Å². The minimum absolute atomic E-state index is 0. The highest BCUT2D eigenvalue weighted by Gasteiger charge is 2.39. The fourth-order valence-corrected chi connectivity index (χ4v) is 4.33. The number of amidine groups is 1. The van der Waals surface area contributed by atoms with Crippen molar-refractivity contribution in [3.05, 3.63) is 58.7 Å².